The summed E-state index contributed by atoms with van der Waals surface area (Å²) >= 11 is 0. The summed E-state index contributed by atoms with van der Waals surface area (Å²) in [5, 5.41) is 14.5. The van der Waals surface area contributed by atoms with E-state index in [1.807, 2.05) is 26.0 Å². The van der Waals surface area contributed by atoms with Crippen LogP contribution in [0.25, 0.3) is 0 Å². The molecule has 0 bridgehead atoms. The van der Waals surface area contributed by atoms with Crippen molar-refractivity contribution >= 4 is 0 Å². The van der Waals surface area contributed by atoms with E-state index in [9.17, 15) is 5.11 Å². The van der Waals surface area contributed by atoms with Gasteiger partial charge in [-0.3, -0.25) is 4.90 Å². The molecule has 1 aromatic carbocycles. The summed E-state index contributed by atoms with van der Waals surface area (Å²) in [4.78, 5) is 13.9. The molecule has 0 aliphatic carbocycles. The van der Waals surface area contributed by atoms with Gasteiger partial charge in [-0.2, -0.15) is 4.98 Å². The molecule has 2 aromatic heterocycles. The molecule has 1 aliphatic rings. The van der Waals surface area contributed by atoms with E-state index in [0.717, 1.165) is 42.8 Å². The molecule has 3 aromatic rings. The summed E-state index contributed by atoms with van der Waals surface area (Å²) in [5.41, 5.74) is 2.32. The lowest BCUT2D eigenvalue weighted by molar-refractivity contribution is 0.0487. The third-order valence-electron chi connectivity index (χ3n) is 5.31. The molecule has 1 atom stereocenters. The fourth-order valence-electron chi connectivity index (χ4n) is 3.86. The third kappa shape index (κ3) is 5.02. The van der Waals surface area contributed by atoms with Crippen molar-refractivity contribution in [2.75, 3.05) is 13.1 Å². The first-order valence-corrected chi connectivity index (χ1v) is 9.99. The number of aliphatic hydroxyl groups is 1. The van der Waals surface area contributed by atoms with E-state index in [4.69, 9.17) is 9.26 Å². The van der Waals surface area contributed by atoms with Crippen LogP contribution in [0.15, 0.2) is 35.1 Å². The number of aromatic nitrogens is 4. The van der Waals surface area contributed by atoms with Crippen molar-refractivity contribution in [2.45, 2.75) is 45.9 Å². The van der Waals surface area contributed by atoms with E-state index in [-0.39, 0.29) is 12.5 Å². The van der Waals surface area contributed by atoms with Gasteiger partial charge in [0.25, 0.3) is 0 Å². The standard InChI is InChI=1S/C21H27N5O3/c1-14-9-15(2)11-17(10-14)28-13-18-24-19(29-25-18)12-26-7-3-16(4-8-26)20(27)21-22-5-6-23-21/h5-6,9-11,16,20,27H,3-4,7-8,12-13H2,1-2H3,(H,22,23). The second-order valence-electron chi connectivity index (χ2n) is 7.75. The van der Waals surface area contributed by atoms with Gasteiger partial charge in [-0.25, -0.2) is 4.98 Å². The second kappa shape index (κ2) is 8.75. The van der Waals surface area contributed by atoms with E-state index in [2.05, 4.69) is 31.1 Å². The summed E-state index contributed by atoms with van der Waals surface area (Å²) in [6, 6.07) is 6.10. The summed E-state index contributed by atoms with van der Waals surface area (Å²) in [7, 11) is 0. The van der Waals surface area contributed by atoms with Crippen LogP contribution in [0.3, 0.4) is 0 Å². The highest BCUT2D eigenvalue weighted by Gasteiger charge is 2.28. The first kappa shape index (κ1) is 19.6. The van der Waals surface area contributed by atoms with Crippen molar-refractivity contribution in [2.24, 2.45) is 5.92 Å². The van der Waals surface area contributed by atoms with Gasteiger partial charge in [0.2, 0.25) is 11.7 Å². The van der Waals surface area contributed by atoms with Crippen LogP contribution >= 0.6 is 0 Å². The van der Waals surface area contributed by atoms with E-state index >= 15 is 0 Å². The molecule has 154 valence electrons. The van der Waals surface area contributed by atoms with E-state index in [0.29, 0.717) is 24.1 Å². The predicted octanol–water partition coefficient (Wildman–Crippen LogP) is 2.93. The number of ether oxygens (including phenoxy) is 1. The lowest BCUT2D eigenvalue weighted by atomic mass is 9.91. The highest BCUT2D eigenvalue weighted by atomic mass is 16.5. The molecule has 0 spiro atoms. The Bertz CT molecular complexity index is 896. The molecule has 29 heavy (non-hydrogen) atoms. The maximum absolute atomic E-state index is 10.4. The summed E-state index contributed by atoms with van der Waals surface area (Å²) in [6.45, 7) is 6.73. The molecule has 1 aliphatic heterocycles. The molecule has 3 heterocycles. The second-order valence-corrected chi connectivity index (χ2v) is 7.75. The average Bonchev–Trinajstić information content (AvgIpc) is 3.38. The molecule has 0 radical (unpaired) electrons. The van der Waals surface area contributed by atoms with Crippen molar-refractivity contribution in [1.29, 1.82) is 0 Å². The van der Waals surface area contributed by atoms with Crippen molar-refractivity contribution in [1.82, 2.24) is 25.0 Å². The van der Waals surface area contributed by atoms with Crippen LogP contribution in [-0.2, 0) is 13.2 Å². The maximum atomic E-state index is 10.4. The molecule has 0 amide bonds. The minimum absolute atomic E-state index is 0.210. The van der Waals surface area contributed by atoms with Gasteiger partial charge < -0.3 is 19.4 Å². The lowest BCUT2D eigenvalue weighted by Crippen LogP contribution is -2.35. The van der Waals surface area contributed by atoms with Crippen LogP contribution in [-0.4, -0.2) is 43.2 Å². The Hall–Kier alpha value is -2.71. The van der Waals surface area contributed by atoms with Crippen LogP contribution in [0.2, 0.25) is 0 Å². The summed E-state index contributed by atoms with van der Waals surface area (Å²) in [5.74, 6) is 2.80. The lowest BCUT2D eigenvalue weighted by Gasteiger charge is -2.32. The number of piperidine rings is 1. The fraction of sp³-hybridized carbons (Fsp3) is 0.476. The van der Waals surface area contributed by atoms with Gasteiger partial charge in [-0.05, 0) is 69.0 Å². The molecule has 1 unspecified atom stereocenters. The minimum Gasteiger partial charge on any atom is -0.485 e. The number of aliphatic hydroxyl groups excluding tert-OH is 1. The van der Waals surface area contributed by atoms with Crippen LogP contribution in [0.1, 0.15) is 47.6 Å². The Labute approximate surface area is 169 Å². The van der Waals surface area contributed by atoms with Gasteiger partial charge in [0.15, 0.2) is 6.61 Å². The number of hydrogen-bond acceptors (Lipinski definition) is 7. The number of hydrogen-bond donors (Lipinski definition) is 2. The Morgan fingerprint density at radius 3 is 2.69 bits per heavy atom. The van der Waals surface area contributed by atoms with E-state index in [1.165, 1.54) is 0 Å². The monoisotopic (exact) mass is 397 g/mol. The highest BCUT2D eigenvalue weighted by Crippen LogP contribution is 2.29. The first-order chi connectivity index (χ1) is 14.1. The zero-order valence-electron chi connectivity index (χ0n) is 16.8. The van der Waals surface area contributed by atoms with Crippen molar-refractivity contribution in [3.63, 3.8) is 0 Å². The smallest absolute Gasteiger partial charge is 0.240 e. The van der Waals surface area contributed by atoms with Crippen LogP contribution in [0, 0.1) is 19.8 Å². The number of imidazole rings is 1. The zero-order valence-corrected chi connectivity index (χ0v) is 16.8. The number of rotatable bonds is 7. The number of H-pyrrole nitrogens is 1. The number of likely N-dealkylation sites (tertiary alicyclic amines) is 1. The highest BCUT2D eigenvalue weighted by molar-refractivity contribution is 5.33. The Balaban J connectivity index is 1.25. The van der Waals surface area contributed by atoms with Gasteiger partial charge in [-0.15, -0.1) is 0 Å². The average molecular weight is 397 g/mol. The Morgan fingerprint density at radius 2 is 2.00 bits per heavy atom. The largest absolute Gasteiger partial charge is 0.485 e. The molecule has 4 rings (SSSR count). The molecule has 2 N–H and O–H groups in total. The van der Waals surface area contributed by atoms with Crippen LogP contribution < -0.4 is 4.74 Å². The molecule has 8 heteroatoms. The number of aryl methyl sites for hydroxylation is 2. The van der Waals surface area contributed by atoms with Gasteiger partial charge in [0.1, 0.15) is 17.7 Å². The van der Waals surface area contributed by atoms with Crippen LogP contribution in [0.4, 0.5) is 0 Å². The Morgan fingerprint density at radius 1 is 1.24 bits per heavy atom. The predicted molar refractivity (Wildman–Crippen MR) is 106 cm³/mol. The van der Waals surface area contributed by atoms with Gasteiger partial charge >= 0.3 is 0 Å². The fourth-order valence-corrected chi connectivity index (χ4v) is 3.86. The Kier molecular flexibility index (Phi) is 5.92. The normalized spacial score (nSPS) is 16.8. The van der Waals surface area contributed by atoms with E-state index in [1.54, 1.807) is 12.4 Å². The molecular formula is C21H27N5O3. The molecule has 1 fully saturated rings. The molecule has 1 saturated heterocycles. The van der Waals surface area contributed by atoms with Crippen molar-refractivity contribution in [3.8, 4) is 5.75 Å². The van der Waals surface area contributed by atoms with Gasteiger partial charge in [0, 0.05) is 12.4 Å². The summed E-state index contributed by atoms with van der Waals surface area (Å²) < 4.78 is 11.2. The minimum atomic E-state index is -0.537. The SMILES string of the molecule is Cc1cc(C)cc(OCc2noc(CN3CCC(C(O)c4ncc[nH]4)CC3)n2)c1. The van der Waals surface area contributed by atoms with Crippen molar-refractivity contribution in [3.05, 3.63) is 59.3 Å². The quantitative estimate of drug-likeness (QED) is 0.632. The summed E-state index contributed by atoms with van der Waals surface area (Å²) in [6.07, 6.45) is 4.68. The van der Waals surface area contributed by atoms with Crippen molar-refractivity contribution < 1.29 is 14.4 Å². The van der Waals surface area contributed by atoms with Crippen LogP contribution in [0.5, 0.6) is 5.75 Å². The number of nitrogens with one attached hydrogen (secondary N) is 1. The molecule has 0 saturated carbocycles. The number of benzene rings is 1. The zero-order chi connectivity index (χ0) is 20.2. The van der Waals surface area contributed by atoms with Gasteiger partial charge in [-0.1, -0.05) is 11.2 Å². The molecular weight excluding hydrogens is 370 g/mol. The number of nitrogens with zero attached hydrogens (tertiary/aromatic N) is 4. The molecule has 8 nitrogen and oxygen atoms in total. The maximum Gasteiger partial charge on any atom is 0.240 e. The first-order valence-electron chi connectivity index (χ1n) is 9.99. The number of aromatic amines is 1. The topological polar surface area (TPSA) is 100 Å². The third-order valence-corrected chi connectivity index (χ3v) is 5.31. The van der Waals surface area contributed by atoms with E-state index < -0.39 is 6.10 Å². The van der Waals surface area contributed by atoms with Gasteiger partial charge in [0.05, 0.1) is 6.54 Å².